The molecule has 0 radical (unpaired) electrons. The van der Waals surface area contributed by atoms with E-state index in [0.717, 1.165) is 12.3 Å². The van der Waals surface area contributed by atoms with Crippen molar-refractivity contribution in [3.8, 4) is 11.8 Å². The molecule has 0 bridgehead atoms. The summed E-state index contributed by atoms with van der Waals surface area (Å²) in [6.07, 6.45) is 3.80. The zero-order valence-corrected chi connectivity index (χ0v) is 9.63. The molecule has 2 rings (SSSR count). The van der Waals surface area contributed by atoms with Gasteiger partial charge in [-0.15, -0.1) is 0 Å². The van der Waals surface area contributed by atoms with Crippen molar-refractivity contribution < 1.29 is 9.30 Å². The number of ether oxygens (including phenoxy) is 1. The third kappa shape index (κ3) is 2.82. The lowest BCUT2D eigenvalue weighted by molar-refractivity contribution is -0.688. The molecule has 0 amide bonds. The molecule has 84 valence electrons. The van der Waals surface area contributed by atoms with Gasteiger partial charge < -0.3 is 4.74 Å². The number of nitriles is 1. The van der Waals surface area contributed by atoms with Crippen molar-refractivity contribution in [3.63, 3.8) is 0 Å². The van der Waals surface area contributed by atoms with Crippen molar-refractivity contribution in [1.29, 1.82) is 5.26 Å². The number of methoxy groups -OCH3 is 1. The highest BCUT2D eigenvalue weighted by Crippen LogP contribution is 2.11. The van der Waals surface area contributed by atoms with Gasteiger partial charge in [-0.2, -0.15) is 5.26 Å². The van der Waals surface area contributed by atoms with Crippen molar-refractivity contribution >= 4 is 0 Å². The molecule has 3 heteroatoms. The lowest BCUT2D eigenvalue weighted by atomic mass is 10.2. The molecular formula is C14H13N2O+. The molecule has 0 saturated heterocycles. The monoisotopic (exact) mass is 225 g/mol. The molecule has 0 atom stereocenters. The second-order valence-corrected chi connectivity index (χ2v) is 3.72. The molecule has 0 spiro atoms. The maximum atomic E-state index is 8.71. The molecule has 1 aromatic carbocycles. The van der Waals surface area contributed by atoms with Gasteiger partial charge in [-0.25, -0.2) is 4.57 Å². The second-order valence-electron chi connectivity index (χ2n) is 3.72. The van der Waals surface area contributed by atoms with E-state index in [4.69, 9.17) is 10.00 Å². The first kappa shape index (κ1) is 11.2. The molecule has 0 unspecified atom stereocenters. The molecule has 1 heterocycles. The molecule has 0 aliphatic heterocycles. The average molecular weight is 225 g/mol. The van der Waals surface area contributed by atoms with Crippen LogP contribution in [0.3, 0.4) is 0 Å². The summed E-state index contributed by atoms with van der Waals surface area (Å²) in [6.45, 7) is 0.767. The third-order valence-electron chi connectivity index (χ3n) is 2.52. The van der Waals surface area contributed by atoms with E-state index in [1.54, 1.807) is 19.2 Å². The number of pyridine rings is 1. The Bertz CT molecular complexity index is 541. The molecule has 2 aromatic rings. The van der Waals surface area contributed by atoms with Gasteiger partial charge >= 0.3 is 0 Å². The molecule has 0 fully saturated rings. The van der Waals surface area contributed by atoms with Crippen LogP contribution in [-0.4, -0.2) is 7.11 Å². The van der Waals surface area contributed by atoms with E-state index in [-0.39, 0.29) is 0 Å². The standard InChI is InChI=1S/C14H13N2O/c1-17-14-4-2-3-13(9-14)11-16-7-5-12(10-15)6-8-16/h2-9H,11H2,1H3/q+1. The number of hydrogen-bond donors (Lipinski definition) is 0. The summed E-state index contributed by atoms with van der Waals surface area (Å²) in [6, 6.07) is 13.7. The average Bonchev–Trinajstić information content (AvgIpc) is 2.40. The highest BCUT2D eigenvalue weighted by molar-refractivity contribution is 5.28. The van der Waals surface area contributed by atoms with E-state index in [9.17, 15) is 0 Å². The topological polar surface area (TPSA) is 36.9 Å². The predicted octanol–water partition coefficient (Wildman–Crippen LogP) is 1.90. The Hall–Kier alpha value is -2.34. The van der Waals surface area contributed by atoms with E-state index < -0.39 is 0 Å². The van der Waals surface area contributed by atoms with E-state index in [0.29, 0.717) is 5.56 Å². The van der Waals surface area contributed by atoms with Crippen molar-refractivity contribution in [3.05, 3.63) is 59.9 Å². The quantitative estimate of drug-likeness (QED) is 0.748. The summed E-state index contributed by atoms with van der Waals surface area (Å²) < 4.78 is 7.20. The van der Waals surface area contributed by atoms with Crippen LogP contribution in [0.4, 0.5) is 0 Å². The van der Waals surface area contributed by atoms with Crippen LogP contribution < -0.4 is 9.30 Å². The smallest absolute Gasteiger partial charge is 0.173 e. The number of nitrogens with zero attached hydrogens (tertiary/aromatic N) is 2. The van der Waals surface area contributed by atoms with Crippen LogP contribution in [0, 0.1) is 11.3 Å². The van der Waals surface area contributed by atoms with Gasteiger partial charge in [0.25, 0.3) is 0 Å². The maximum absolute atomic E-state index is 8.71. The fraction of sp³-hybridized carbons (Fsp3) is 0.143. The fourth-order valence-corrected chi connectivity index (χ4v) is 1.62. The van der Waals surface area contributed by atoms with Gasteiger partial charge in [0.2, 0.25) is 0 Å². The first-order valence-electron chi connectivity index (χ1n) is 5.34. The normalized spacial score (nSPS) is 9.65. The molecular weight excluding hydrogens is 212 g/mol. The number of rotatable bonds is 3. The number of benzene rings is 1. The minimum Gasteiger partial charge on any atom is -0.497 e. The largest absolute Gasteiger partial charge is 0.497 e. The molecule has 0 saturated carbocycles. The second kappa shape index (κ2) is 5.13. The molecule has 3 nitrogen and oxygen atoms in total. The summed E-state index contributed by atoms with van der Waals surface area (Å²) in [7, 11) is 1.66. The van der Waals surface area contributed by atoms with Gasteiger partial charge in [-0.1, -0.05) is 12.1 Å². The van der Waals surface area contributed by atoms with Gasteiger partial charge in [0, 0.05) is 17.7 Å². The summed E-state index contributed by atoms with van der Waals surface area (Å²) in [5.41, 5.74) is 1.84. The van der Waals surface area contributed by atoms with E-state index in [1.807, 2.05) is 41.2 Å². The van der Waals surface area contributed by atoms with Crippen molar-refractivity contribution in [2.24, 2.45) is 0 Å². The molecule has 0 aliphatic carbocycles. The molecule has 17 heavy (non-hydrogen) atoms. The van der Waals surface area contributed by atoms with Crippen LogP contribution in [-0.2, 0) is 6.54 Å². The van der Waals surface area contributed by atoms with Crippen LogP contribution in [0.1, 0.15) is 11.1 Å². The Balaban J connectivity index is 2.16. The van der Waals surface area contributed by atoms with Crippen molar-refractivity contribution in [2.45, 2.75) is 6.54 Å². The third-order valence-corrected chi connectivity index (χ3v) is 2.52. The van der Waals surface area contributed by atoms with E-state index in [2.05, 4.69) is 6.07 Å². The summed E-state index contributed by atoms with van der Waals surface area (Å²) >= 11 is 0. The Labute approximate surface area is 101 Å². The van der Waals surface area contributed by atoms with Gasteiger partial charge in [0.1, 0.15) is 5.75 Å². The van der Waals surface area contributed by atoms with Crippen LogP contribution in [0.15, 0.2) is 48.8 Å². The minimum absolute atomic E-state index is 0.673. The molecule has 1 aromatic heterocycles. The van der Waals surface area contributed by atoms with Gasteiger partial charge in [-0.05, 0) is 12.1 Å². The number of aromatic nitrogens is 1. The SMILES string of the molecule is COc1cccc(C[n+]2ccc(C#N)cc2)c1. The Kier molecular flexibility index (Phi) is 3.37. The summed E-state index contributed by atoms with van der Waals surface area (Å²) in [4.78, 5) is 0. The van der Waals surface area contributed by atoms with Crippen molar-refractivity contribution in [1.82, 2.24) is 0 Å². The lowest BCUT2D eigenvalue weighted by Crippen LogP contribution is -2.33. The van der Waals surface area contributed by atoms with Gasteiger partial charge in [0.05, 0.1) is 18.7 Å². The number of hydrogen-bond acceptors (Lipinski definition) is 2. The minimum atomic E-state index is 0.673. The maximum Gasteiger partial charge on any atom is 0.173 e. The van der Waals surface area contributed by atoms with Crippen LogP contribution in [0.5, 0.6) is 5.75 Å². The predicted molar refractivity (Wildman–Crippen MR) is 63.4 cm³/mol. The zero-order chi connectivity index (χ0) is 12.1. The van der Waals surface area contributed by atoms with Gasteiger partial charge in [0.15, 0.2) is 18.9 Å². The lowest BCUT2D eigenvalue weighted by Gasteiger charge is -2.01. The highest BCUT2D eigenvalue weighted by Gasteiger charge is 2.03. The highest BCUT2D eigenvalue weighted by atomic mass is 16.5. The first-order valence-corrected chi connectivity index (χ1v) is 5.34. The van der Waals surface area contributed by atoms with E-state index in [1.165, 1.54) is 5.56 Å². The first-order chi connectivity index (χ1) is 8.31. The summed E-state index contributed by atoms with van der Waals surface area (Å²) in [5, 5.41) is 8.71. The zero-order valence-electron chi connectivity index (χ0n) is 9.63. The molecule has 0 aliphatic rings. The Morgan fingerprint density at radius 3 is 2.65 bits per heavy atom. The van der Waals surface area contributed by atoms with Crippen LogP contribution in [0.2, 0.25) is 0 Å². The Morgan fingerprint density at radius 1 is 1.24 bits per heavy atom. The van der Waals surface area contributed by atoms with Crippen molar-refractivity contribution in [2.75, 3.05) is 7.11 Å². The molecule has 0 N–H and O–H groups in total. The van der Waals surface area contributed by atoms with Gasteiger partial charge in [-0.3, -0.25) is 0 Å². The Morgan fingerprint density at radius 2 is 2.00 bits per heavy atom. The van der Waals surface area contributed by atoms with Crippen LogP contribution in [0.25, 0.3) is 0 Å². The summed E-state index contributed by atoms with van der Waals surface area (Å²) in [5.74, 6) is 0.858. The fourth-order valence-electron chi connectivity index (χ4n) is 1.62. The van der Waals surface area contributed by atoms with Crippen LogP contribution >= 0.6 is 0 Å². The van der Waals surface area contributed by atoms with E-state index >= 15 is 0 Å².